The van der Waals surface area contributed by atoms with E-state index in [-0.39, 0.29) is 0 Å². The minimum Gasteiger partial charge on any atom is -0.487 e. The number of aromatic nitrogens is 2. The van der Waals surface area contributed by atoms with Crippen LogP contribution in [0.2, 0.25) is 0 Å². The molecule has 0 spiro atoms. The maximum absolute atomic E-state index is 5.78. The Morgan fingerprint density at radius 3 is 3.21 bits per heavy atom. The van der Waals surface area contributed by atoms with Gasteiger partial charge in [0.2, 0.25) is 0 Å². The molecular formula is C14H15N3OS. The number of benzene rings is 1. The molecule has 0 aliphatic carbocycles. The van der Waals surface area contributed by atoms with E-state index in [1.165, 1.54) is 5.56 Å². The normalized spacial score (nSPS) is 11.0. The van der Waals surface area contributed by atoms with Crippen LogP contribution in [0.15, 0.2) is 42.0 Å². The van der Waals surface area contributed by atoms with Crippen LogP contribution in [0, 0.1) is 0 Å². The van der Waals surface area contributed by atoms with E-state index in [0.29, 0.717) is 6.61 Å². The number of fused-ring (bicyclic) bond motifs is 1. The molecule has 1 aromatic carbocycles. The molecule has 19 heavy (non-hydrogen) atoms. The number of ether oxygens (including phenoxy) is 1. The number of rotatable bonds is 5. The first-order chi connectivity index (χ1) is 9.35. The maximum Gasteiger partial charge on any atom is 0.193 e. The fraction of sp³-hybridized carbons (Fsp3) is 0.214. The molecule has 2 heterocycles. The van der Waals surface area contributed by atoms with Crippen molar-refractivity contribution < 1.29 is 4.74 Å². The van der Waals surface area contributed by atoms with Crippen LogP contribution in [-0.2, 0) is 13.2 Å². The SMILES string of the molecule is CNCc1cccc(OCc2cn3ccsc3n2)c1. The quantitative estimate of drug-likeness (QED) is 0.777. The van der Waals surface area contributed by atoms with Crippen LogP contribution in [0.4, 0.5) is 0 Å². The van der Waals surface area contributed by atoms with E-state index in [9.17, 15) is 0 Å². The second-order valence-electron chi connectivity index (χ2n) is 4.29. The highest BCUT2D eigenvalue weighted by Gasteiger charge is 2.03. The van der Waals surface area contributed by atoms with Gasteiger partial charge in [-0.05, 0) is 24.7 Å². The molecule has 0 amide bonds. The summed E-state index contributed by atoms with van der Waals surface area (Å²) in [6.45, 7) is 1.34. The Morgan fingerprint density at radius 1 is 1.42 bits per heavy atom. The van der Waals surface area contributed by atoms with Crippen LogP contribution in [0.5, 0.6) is 5.75 Å². The van der Waals surface area contributed by atoms with Gasteiger partial charge in [-0.3, -0.25) is 4.40 Å². The Hall–Kier alpha value is -1.85. The predicted octanol–water partition coefficient (Wildman–Crippen LogP) is 2.69. The summed E-state index contributed by atoms with van der Waals surface area (Å²) in [6, 6.07) is 8.11. The van der Waals surface area contributed by atoms with Crippen molar-refractivity contribution in [1.82, 2.24) is 14.7 Å². The summed E-state index contributed by atoms with van der Waals surface area (Å²) in [5.74, 6) is 0.879. The minimum atomic E-state index is 0.497. The summed E-state index contributed by atoms with van der Waals surface area (Å²) in [6.07, 6.45) is 4.01. The summed E-state index contributed by atoms with van der Waals surface area (Å²) in [5, 5.41) is 5.15. The Kier molecular flexibility index (Phi) is 3.48. The molecule has 1 N–H and O–H groups in total. The molecule has 0 bridgehead atoms. The first-order valence-corrected chi connectivity index (χ1v) is 7.00. The van der Waals surface area contributed by atoms with E-state index in [1.807, 2.05) is 41.4 Å². The molecule has 0 saturated heterocycles. The Labute approximate surface area is 115 Å². The number of hydrogen-bond donors (Lipinski definition) is 1. The van der Waals surface area contributed by atoms with Crippen molar-refractivity contribution >= 4 is 16.3 Å². The van der Waals surface area contributed by atoms with Gasteiger partial charge in [-0.15, -0.1) is 11.3 Å². The number of nitrogens with one attached hydrogen (secondary N) is 1. The second-order valence-corrected chi connectivity index (χ2v) is 5.16. The lowest BCUT2D eigenvalue weighted by atomic mass is 10.2. The highest BCUT2D eigenvalue weighted by Crippen LogP contribution is 2.16. The summed E-state index contributed by atoms with van der Waals surface area (Å²) in [5.41, 5.74) is 2.16. The predicted molar refractivity (Wildman–Crippen MR) is 76.6 cm³/mol. The number of nitrogens with zero attached hydrogens (tertiary/aromatic N) is 2. The van der Waals surface area contributed by atoms with E-state index in [0.717, 1.165) is 22.9 Å². The van der Waals surface area contributed by atoms with Gasteiger partial charge in [-0.2, -0.15) is 0 Å². The third-order valence-corrected chi connectivity index (χ3v) is 3.58. The van der Waals surface area contributed by atoms with E-state index in [2.05, 4.69) is 22.4 Å². The van der Waals surface area contributed by atoms with Crippen molar-refractivity contribution in [3.8, 4) is 5.75 Å². The largest absolute Gasteiger partial charge is 0.487 e. The fourth-order valence-corrected chi connectivity index (χ4v) is 2.67. The lowest BCUT2D eigenvalue weighted by Gasteiger charge is -2.06. The van der Waals surface area contributed by atoms with Crippen LogP contribution in [-0.4, -0.2) is 16.4 Å². The smallest absolute Gasteiger partial charge is 0.193 e. The van der Waals surface area contributed by atoms with Crippen molar-refractivity contribution in [3.63, 3.8) is 0 Å². The zero-order valence-electron chi connectivity index (χ0n) is 10.7. The van der Waals surface area contributed by atoms with Gasteiger partial charge in [0, 0.05) is 24.3 Å². The molecule has 0 radical (unpaired) electrons. The summed E-state index contributed by atoms with van der Waals surface area (Å²) in [4.78, 5) is 5.49. The van der Waals surface area contributed by atoms with Crippen molar-refractivity contribution in [2.24, 2.45) is 0 Å². The molecule has 0 atom stereocenters. The molecule has 2 aromatic heterocycles. The van der Waals surface area contributed by atoms with Crippen LogP contribution >= 0.6 is 11.3 Å². The molecule has 0 saturated carbocycles. The van der Waals surface area contributed by atoms with Crippen LogP contribution < -0.4 is 10.1 Å². The third-order valence-electron chi connectivity index (χ3n) is 2.81. The molecule has 3 rings (SSSR count). The summed E-state index contributed by atoms with van der Waals surface area (Å²) >= 11 is 1.63. The van der Waals surface area contributed by atoms with Crippen molar-refractivity contribution in [3.05, 3.63) is 53.3 Å². The Bertz CT molecular complexity index is 645. The second kappa shape index (κ2) is 5.42. The van der Waals surface area contributed by atoms with Crippen molar-refractivity contribution in [2.75, 3.05) is 7.05 Å². The van der Waals surface area contributed by atoms with Gasteiger partial charge < -0.3 is 10.1 Å². The van der Waals surface area contributed by atoms with Crippen LogP contribution in [0.1, 0.15) is 11.3 Å². The average Bonchev–Trinajstić information content (AvgIpc) is 2.98. The highest BCUT2D eigenvalue weighted by molar-refractivity contribution is 7.15. The highest BCUT2D eigenvalue weighted by atomic mass is 32.1. The molecule has 0 fully saturated rings. The molecule has 0 unspecified atom stereocenters. The molecule has 3 aromatic rings. The zero-order chi connectivity index (χ0) is 13.1. The van der Waals surface area contributed by atoms with E-state index >= 15 is 0 Å². The number of hydrogen-bond acceptors (Lipinski definition) is 4. The number of thiazole rings is 1. The van der Waals surface area contributed by atoms with E-state index in [4.69, 9.17) is 4.74 Å². The first-order valence-electron chi connectivity index (χ1n) is 6.12. The monoisotopic (exact) mass is 273 g/mol. The van der Waals surface area contributed by atoms with Gasteiger partial charge in [0.05, 0.1) is 5.69 Å². The van der Waals surface area contributed by atoms with Gasteiger partial charge in [-0.25, -0.2) is 4.98 Å². The topological polar surface area (TPSA) is 38.6 Å². The molecule has 98 valence electrons. The standard InChI is InChI=1S/C14H15N3OS/c1-15-8-11-3-2-4-13(7-11)18-10-12-9-17-5-6-19-14(17)16-12/h2-7,9,15H,8,10H2,1H3. The Balaban J connectivity index is 1.68. The van der Waals surface area contributed by atoms with Gasteiger partial charge >= 0.3 is 0 Å². The summed E-state index contributed by atoms with van der Waals surface area (Å²) in [7, 11) is 1.94. The van der Waals surface area contributed by atoms with Gasteiger partial charge in [0.25, 0.3) is 0 Å². The lowest BCUT2D eigenvalue weighted by molar-refractivity contribution is 0.301. The van der Waals surface area contributed by atoms with Gasteiger partial charge in [-0.1, -0.05) is 12.1 Å². The molecule has 0 aliphatic rings. The maximum atomic E-state index is 5.78. The fourth-order valence-electron chi connectivity index (χ4n) is 1.95. The van der Waals surface area contributed by atoms with Crippen LogP contribution in [0.25, 0.3) is 4.96 Å². The molecule has 0 aliphatic heterocycles. The molecular weight excluding hydrogens is 258 g/mol. The van der Waals surface area contributed by atoms with E-state index < -0.39 is 0 Å². The zero-order valence-corrected chi connectivity index (χ0v) is 11.5. The molecule has 5 heteroatoms. The Morgan fingerprint density at radius 2 is 2.37 bits per heavy atom. The van der Waals surface area contributed by atoms with Crippen LogP contribution in [0.3, 0.4) is 0 Å². The minimum absolute atomic E-state index is 0.497. The summed E-state index contributed by atoms with van der Waals surface area (Å²) < 4.78 is 7.79. The first kappa shape index (κ1) is 12.2. The van der Waals surface area contributed by atoms with Gasteiger partial charge in [0.15, 0.2) is 4.96 Å². The number of imidazole rings is 1. The average molecular weight is 273 g/mol. The van der Waals surface area contributed by atoms with Crippen molar-refractivity contribution in [2.45, 2.75) is 13.2 Å². The third kappa shape index (κ3) is 2.77. The molecule has 4 nitrogen and oxygen atoms in total. The van der Waals surface area contributed by atoms with Gasteiger partial charge in [0.1, 0.15) is 12.4 Å². The lowest BCUT2D eigenvalue weighted by Crippen LogP contribution is -2.05. The van der Waals surface area contributed by atoms with E-state index in [1.54, 1.807) is 11.3 Å². The van der Waals surface area contributed by atoms with Crippen molar-refractivity contribution in [1.29, 1.82) is 0 Å².